The SMILES string of the molecule is CCCCn1cnc(C#N)c1C#N. The van der Waals surface area contributed by atoms with Gasteiger partial charge in [0.25, 0.3) is 0 Å². The Hall–Kier alpha value is -1.81. The van der Waals surface area contributed by atoms with E-state index in [1.807, 2.05) is 12.1 Å². The molecule has 0 amide bonds. The minimum Gasteiger partial charge on any atom is -0.321 e. The van der Waals surface area contributed by atoms with Crippen LogP contribution in [0, 0.1) is 22.7 Å². The predicted molar refractivity (Wildman–Crippen MR) is 46.6 cm³/mol. The van der Waals surface area contributed by atoms with Gasteiger partial charge in [-0.2, -0.15) is 10.5 Å². The summed E-state index contributed by atoms with van der Waals surface area (Å²) in [5, 5.41) is 17.4. The summed E-state index contributed by atoms with van der Waals surface area (Å²) < 4.78 is 1.72. The number of nitrogens with zero attached hydrogens (tertiary/aromatic N) is 4. The molecule has 1 aromatic heterocycles. The van der Waals surface area contributed by atoms with Gasteiger partial charge in [0, 0.05) is 6.54 Å². The average Bonchev–Trinajstić information content (AvgIpc) is 2.56. The van der Waals surface area contributed by atoms with Crippen molar-refractivity contribution in [3.8, 4) is 12.1 Å². The molecule has 0 saturated heterocycles. The van der Waals surface area contributed by atoms with Crippen LogP contribution < -0.4 is 0 Å². The zero-order valence-corrected chi connectivity index (χ0v) is 7.49. The first kappa shape index (κ1) is 9.28. The maximum Gasteiger partial charge on any atom is 0.176 e. The quantitative estimate of drug-likeness (QED) is 0.696. The highest BCUT2D eigenvalue weighted by molar-refractivity contribution is 5.35. The van der Waals surface area contributed by atoms with Crippen LogP contribution in [-0.2, 0) is 6.54 Å². The average molecular weight is 174 g/mol. The van der Waals surface area contributed by atoms with E-state index < -0.39 is 0 Å². The van der Waals surface area contributed by atoms with E-state index in [0.29, 0.717) is 5.69 Å². The van der Waals surface area contributed by atoms with Gasteiger partial charge >= 0.3 is 0 Å². The van der Waals surface area contributed by atoms with Crippen LogP contribution in [0.25, 0.3) is 0 Å². The van der Waals surface area contributed by atoms with Gasteiger partial charge < -0.3 is 4.57 Å². The molecule has 1 rings (SSSR count). The van der Waals surface area contributed by atoms with Gasteiger partial charge in [0.2, 0.25) is 0 Å². The van der Waals surface area contributed by atoms with Crippen molar-refractivity contribution in [2.24, 2.45) is 0 Å². The summed E-state index contributed by atoms with van der Waals surface area (Å²) in [6.07, 6.45) is 3.60. The first-order chi connectivity index (χ1) is 6.33. The highest BCUT2D eigenvalue weighted by Crippen LogP contribution is 2.06. The zero-order chi connectivity index (χ0) is 9.68. The number of imidazole rings is 1. The van der Waals surface area contributed by atoms with Crippen LogP contribution in [0.15, 0.2) is 6.33 Å². The molecule has 0 aliphatic rings. The summed E-state index contributed by atoms with van der Waals surface area (Å²) in [4.78, 5) is 3.84. The topological polar surface area (TPSA) is 65.4 Å². The molecule has 1 heterocycles. The van der Waals surface area contributed by atoms with Crippen LogP contribution in [0.4, 0.5) is 0 Å². The second-order valence-corrected chi connectivity index (χ2v) is 2.71. The van der Waals surface area contributed by atoms with E-state index in [1.165, 1.54) is 0 Å². The summed E-state index contributed by atoms with van der Waals surface area (Å²) in [6, 6.07) is 3.87. The summed E-state index contributed by atoms with van der Waals surface area (Å²) in [5.74, 6) is 0. The predicted octanol–water partition coefficient (Wildman–Crippen LogP) is 1.43. The molecule has 0 fully saturated rings. The Kier molecular flexibility index (Phi) is 3.05. The standard InChI is InChI=1S/C9H10N4/c1-2-3-4-13-7-12-8(5-10)9(13)6-11/h7H,2-4H2,1H3. The monoisotopic (exact) mass is 174 g/mol. The van der Waals surface area contributed by atoms with Crippen molar-refractivity contribution in [2.45, 2.75) is 26.3 Å². The number of hydrogen-bond acceptors (Lipinski definition) is 3. The Morgan fingerprint density at radius 1 is 1.46 bits per heavy atom. The first-order valence-electron chi connectivity index (χ1n) is 4.18. The summed E-state index contributed by atoms with van der Waals surface area (Å²) in [5.41, 5.74) is 0.592. The molecular weight excluding hydrogens is 164 g/mol. The number of aryl methyl sites for hydroxylation is 1. The minimum atomic E-state index is 0.221. The zero-order valence-electron chi connectivity index (χ0n) is 7.49. The van der Waals surface area contributed by atoms with Crippen LogP contribution in [0.5, 0.6) is 0 Å². The highest BCUT2D eigenvalue weighted by atomic mass is 15.1. The van der Waals surface area contributed by atoms with E-state index in [2.05, 4.69) is 11.9 Å². The highest BCUT2D eigenvalue weighted by Gasteiger charge is 2.08. The summed E-state index contributed by atoms with van der Waals surface area (Å²) in [7, 11) is 0. The molecule has 13 heavy (non-hydrogen) atoms. The second kappa shape index (κ2) is 4.27. The van der Waals surface area contributed by atoms with Gasteiger partial charge in [-0.3, -0.25) is 0 Å². The molecule has 4 nitrogen and oxygen atoms in total. The van der Waals surface area contributed by atoms with Crippen molar-refractivity contribution in [3.63, 3.8) is 0 Å². The van der Waals surface area contributed by atoms with Crippen molar-refractivity contribution in [2.75, 3.05) is 0 Å². The summed E-state index contributed by atoms with van der Waals surface area (Å²) >= 11 is 0. The first-order valence-corrected chi connectivity index (χ1v) is 4.18. The van der Waals surface area contributed by atoms with Gasteiger partial charge in [0.15, 0.2) is 11.4 Å². The van der Waals surface area contributed by atoms with Gasteiger partial charge in [0.05, 0.1) is 6.33 Å². The lowest BCUT2D eigenvalue weighted by molar-refractivity contribution is 0.626. The van der Waals surface area contributed by atoms with Crippen LogP contribution in [0.1, 0.15) is 31.2 Å². The number of hydrogen-bond donors (Lipinski definition) is 0. The molecular formula is C9H10N4. The third-order valence-corrected chi connectivity index (χ3v) is 1.80. The molecule has 0 aliphatic carbocycles. The number of rotatable bonds is 3. The molecule has 0 aliphatic heterocycles. The van der Waals surface area contributed by atoms with E-state index in [1.54, 1.807) is 10.9 Å². The van der Waals surface area contributed by atoms with E-state index in [0.717, 1.165) is 19.4 Å². The molecule has 1 aromatic rings. The number of unbranched alkanes of at least 4 members (excludes halogenated alkanes) is 1. The van der Waals surface area contributed by atoms with Gasteiger partial charge in [0.1, 0.15) is 12.1 Å². The minimum absolute atomic E-state index is 0.221. The maximum atomic E-state index is 8.76. The van der Waals surface area contributed by atoms with Crippen LogP contribution in [-0.4, -0.2) is 9.55 Å². The van der Waals surface area contributed by atoms with Crippen molar-refractivity contribution >= 4 is 0 Å². The Morgan fingerprint density at radius 3 is 2.77 bits per heavy atom. The van der Waals surface area contributed by atoms with Crippen molar-refractivity contribution < 1.29 is 0 Å². The lowest BCUT2D eigenvalue weighted by Crippen LogP contribution is -1.99. The fourth-order valence-electron chi connectivity index (χ4n) is 1.08. The normalized spacial score (nSPS) is 9.15. The van der Waals surface area contributed by atoms with Crippen molar-refractivity contribution in [1.29, 1.82) is 10.5 Å². The molecule has 0 atom stereocenters. The lowest BCUT2D eigenvalue weighted by atomic mass is 10.3. The molecule has 0 N–H and O–H groups in total. The third-order valence-electron chi connectivity index (χ3n) is 1.80. The summed E-state index contributed by atoms with van der Waals surface area (Å²) in [6.45, 7) is 2.84. The number of nitriles is 2. The maximum absolute atomic E-state index is 8.76. The third kappa shape index (κ3) is 1.86. The van der Waals surface area contributed by atoms with Crippen LogP contribution in [0.2, 0.25) is 0 Å². The molecule has 0 aromatic carbocycles. The van der Waals surface area contributed by atoms with Gasteiger partial charge in [-0.25, -0.2) is 4.98 Å². The van der Waals surface area contributed by atoms with Crippen molar-refractivity contribution in [3.05, 3.63) is 17.7 Å². The van der Waals surface area contributed by atoms with Crippen molar-refractivity contribution in [1.82, 2.24) is 9.55 Å². The Labute approximate surface area is 77.0 Å². The second-order valence-electron chi connectivity index (χ2n) is 2.71. The van der Waals surface area contributed by atoms with E-state index >= 15 is 0 Å². The molecule has 0 unspecified atom stereocenters. The number of aromatic nitrogens is 2. The molecule has 66 valence electrons. The van der Waals surface area contributed by atoms with Crippen LogP contribution >= 0.6 is 0 Å². The largest absolute Gasteiger partial charge is 0.321 e. The fraction of sp³-hybridized carbons (Fsp3) is 0.444. The Morgan fingerprint density at radius 2 is 2.23 bits per heavy atom. The van der Waals surface area contributed by atoms with E-state index in [9.17, 15) is 0 Å². The smallest absolute Gasteiger partial charge is 0.176 e. The molecule has 0 bridgehead atoms. The lowest BCUT2D eigenvalue weighted by Gasteiger charge is -2.00. The van der Waals surface area contributed by atoms with Gasteiger partial charge in [-0.1, -0.05) is 13.3 Å². The van der Waals surface area contributed by atoms with Gasteiger partial charge in [-0.05, 0) is 6.42 Å². The van der Waals surface area contributed by atoms with E-state index in [4.69, 9.17) is 10.5 Å². The fourth-order valence-corrected chi connectivity index (χ4v) is 1.08. The molecule has 0 spiro atoms. The molecule has 4 heteroatoms. The van der Waals surface area contributed by atoms with Gasteiger partial charge in [-0.15, -0.1) is 0 Å². The van der Waals surface area contributed by atoms with Crippen LogP contribution in [0.3, 0.4) is 0 Å². The Bertz CT molecular complexity index is 364. The molecule has 0 radical (unpaired) electrons. The molecule has 0 saturated carbocycles. The Balaban J connectivity index is 2.91. The van der Waals surface area contributed by atoms with E-state index in [-0.39, 0.29) is 5.69 Å².